The zero-order chi connectivity index (χ0) is 21.4. The van der Waals surface area contributed by atoms with Crippen molar-refractivity contribution in [2.75, 3.05) is 10.6 Å². The number of rotatable bonds is 3. The maximum atomic E-state index is 12.9. The summed E-state index contributed by atoms with van der Waals surface area (Å²) in [7, 11) is 0. The Balaban J connectivity index is 1.58. The van der Waals surface area contributed by atoms with Crippen molar-refractivity contribution in [1.29, 1.82) is 0 Å². The topological polar surface area (TPSA) is 58.2 Å². The molecule has 0 radical (unpaired) electrons. The quantitative estimate of drug-likeness (QED) is 0.491. The molecule has 1 aliphatic heterocycles. The lowest BCUT2D eigenvalue weighted by molar-refractivity contribution is -0.116. The minimum absolute atomic E-state index is 0.0300. The number of hydrogen-bond donors (Lipinski definition) is 2. The van der Waals surface area contributed by atoms with Crippen molar-refractivity contribution in [1.82, 2.24) is 0 Å². The Kier molecular flexibility index (Phi) is 5.08. The lowest BCUT2D eigenvalue weighted by Gasteiger charge is -2.25. The second kappa shape index (κ2) is 8.05. The molecule has 1 atom stereocenters. The summed E-state index contributed by atoms with van der Waals surface area (Å²) in [4.78, 5) is 25.9. The van der Waals surface area contributed by atoms with Crippen LogP contribution in [0.4, 0.5) is 11.4 Å². The Labute approximate surface area is 185 Å². The molecule has 2 aliphatic rings. The van der Waals surface area contributed by atoms with Gasteiger partial charge in [-0.15, -0.1) is 0 Å². The van der Waals surface area contributed by atoms with E-state index in [2.05, 4.69) is 10.6 Å². The lowest BCUT2D eigenvalue weighted by atomic mass is 9.87. The molecule has 3 aromatic rings. The third kappa shape index (κ3) is 3.75. The van der Waals surface area contributed by atoms with Gasteiger partial charge in [-0.3, -0.25) is 9.59 Å². The Bertz CT molecular complexity index is 1200. The molecule has 0 spiro atoms. The van der Waals surface area contributed by atoms with Crippen LogP contribution in [0.2, 0.25) is 5.02 Å². The van der Waals surface area contributed by atoms with E-state index >= 15 is 0 Å². The highest BCUT2D eigenvalue weighted by atomic mass is 35.5. The first-order chi connectivity index (χ1) is 15.1. The van der Waals surface area contributed by atoms with E-state index in [1.165, 1.54) is 0 Å². The zero-order valence-corrected chi connectivity index (χ0v) is 17.6. The number of carbonyl (C=O) groups excluding carboxylic acids is 2. The number of halogens is 1. The van der Waals surface area contributed by atoms with E-state index in [0.29, 0.717) is 22.6 Å². The molecule has 5 heteroatoms. The third-order valence-corrected chi connectivity index (χ3v) is 6.10. The van der Waals surface area contributed by atoms with Crippen molar-refractivity contribution in [3.8, 4) is 0 Å². The molecule has 0 saturated carbocycles. The van der Waals surface area contributed by atoms with Gasteiger partial charge in [0, 0.05) is 33.8 Å². The molecule has 5 rings (SSSR count). The van der Waals surface area contributed by atoms with Crippen LogP contribution in [0.25, 0.3) is 0 Å². The highest BCUT2D eigenvalue weighted by molar-refractivity contribution is 6.30. The fourth-order valence-corrected chi connectivity index (χ4v) is 4.42. The molecule has 0 fully saturated rings. The first kappa shape index (κ1) is 19.6. The largest absolute Gasteiger partial charge is 0.372 e. The van der Waals surface area contributed by atoms with Crippen LogP contribution < -0.4 is 10.6 Å². The molecule has 3 aromatic carbocycles. The van der Waals surface area contributed by atoms with E-state index in [9.17, 15) is 9.59 Å². The molecule has 2 N–H and O–H groups in total. The first-order valence-electron chi connectivity index (χ1n) is 10.4. The number of hydrogen-bond acceptors (Lipinski definition) is 4. The lowest BCUT2D eigenvalue weighted by Crippen LogP contribution is -2.23. The van der Waals surface area contributed by atoms with E-state index in [1.807, 2.05) is 72.8 Å². The van der Waals surface area contributed by atoms with Crippen molar-refractivity contribution in [2.24, 2.45) is 0 Å². The second-order valence-corrected chi connectivity index (χ2v) is 8.31. The molecule has 0 aromatic heterocycles. The molecule has 0 saturated heterocycles. The smallest absolute Gasteiger partial charge is 0.193 e. The molecule has 1 unspecified atom stereocenters. The summed E-state index contributed by atoms with van der Waals surface area (Å²) in [6, 6.07) is 22.1. The highest BCUT2D eigenvalue weighted by Crippen LogP contribution is 2.41. The van der Waals surface area contributed by atoms with Gasteiger partial charge in [0.05, 0.1) is 17.4 Å². The van der Waals surface area contributed by atoms with E-state index in [1.54, 1.807) is 0 Å². The number of nitrogens with one attached hydrogen (secondary N) is 2. The Hall–Kier alpha value is -3.37. The summed E-state index contributed by atoms with van der Waals surface area (Å²) in [5.41, 5.74) is 5.58. The number of anilines is 2. The molecule has 0 bridgehead atoms. The molecule has 154 valence electrons. The summed E-state index contributed by atoms with van der Waals surface area (Å²) in [5, 5.41) is 7.66. The van der Waals surface area contributed by atoms with Gasteiger partial charge < -0.3 is 10.6 Å². The van der Waals surface area contributed by atoms with Crippen molar-refractivity contribution in [2.45, 2.75) is 25.3 Å². The van der Waals surface area contributed by atoms with Crippen molar-refractivity contribution in [3.63, 3.8) is 0 Å². The fourth-order valence-electron chi connectivity index (χ4n) is 4.29. The molecule has 31 heavy (non-hydrogen) atoms. The fraction of sp³-hybridized carbons (Fsp3) is 0.154. The van der Waals surface area contributed by atoms with Gasteiger partial charge in [0.15, 0.2) is 11.6 Å². The summed E-state index contributed by atoms with van der Waals surface area (Å²) in [6.07, 6.45) is 2.15. The Morgan fingerprint density at radius 3 is 2.42 bits per heavy atom. The van der Waals surface area contributed by atoms with Gasteiger partial charge in [-0.2, -0.15) is 0 Å². The Morgan fingerprint density at radius 2 is 1.65 bits per heavy atom. The number of fused-ring (bicyclic) bond motifs is 1. The molecule has 4 nitrogen and oxygen atoms in total. The van der Waals surface area contributed by atoms with Crippen LogP contribution in [0.5, 0.6) is 0 Å². The predicted molar refractivity (Wildman–Crippen MR) is 124 cm³/mol. The summed E-state index contributed by atoms with van der Waals surface area (Å²) >= 11 is 6.08. The third-order valence-electron chi connectivity index (χ3n) is 5.85. The maximum Gasteiger partial charge on any atom is 0.193 e. The monoisotopic (exact) mass is 428 g/mol. The van der Waals surface area contributed by atoms with Crippen LogP contribution in [0, 0.1) is 0 Å². The summed E-state index contributed by atoms with van der Waals surface area (Å²) < 4.78 is 0. The standard InChI is InChI=1S/C26H21ClN2O2/c27-19-12-9-16(10-13-19)25-24-21(7-4-8-23(24)30)28-22-15-18(11-14-20(22)29-25)26(31)17-5-2-1-3-6-17/h1-3,5-6,9-15,25,28-29H,4,7-8H2. The zero-order valence-electron chi connectivity index (χ0n) is 16.8. The van der Waals surface area contributed by atoms with E-state index in [4.69, 9.17) is 11.6 Å². The molecular formula is C26H21ClN2O2. The van der Waals surface area contributed by atoms with Crippen LogP contribution in [0.3, 0.4) is 0 Å². The van der Waals surface area contributed by atoms with Crippen molar-refractivity contribution in [3.05, 3.63) is 106 Å². The minimum Gasteiger partial charge on any atom is -0.372 e. The number of Topliss-reactive ketones (excluding diaryl/α,β-unsaturated/α-hetero) is 1. The minimum atomic E-state index is -0.274. The van der Waals surface area contributed by atoms with E-state index < -0.39 is 0 Å². The molecule has 0 amide bonds. The van der Waals surface area contributed by atoms with Gasteiger partial charge in [-0.05, 0) is 48.7 Å². The number of allylic oxidation sites excluding steroid dienone is 1. The average molecular weight is 429 g/mol. The number of ketones is 2. The van der Waals surface area contributed by atoms with Gasteiger partial charge in [0.1, 0.15) is 0 Å². The van der Waals surface area contributed by atoms with Crippen LogP contribution in [0.1, 0.15) is 46.8 Å². The molecule has 1 heterocycles. The Morgan fingerprint density at radius 1 is 0.871 bits per heavy atom. The van der Waals surface area contributed by atoms with Gasteiger partial charge in [-0.25, -0.2) is 0 Å². The summed E-state index contributed by atoms with van der Waals surface area (Å²) in [6.45, 7) is 0. The number of benzene rings is 3. The highest BCUT2D eigenvalue weighted by Gasteiger charge is 2.32. The normalized spacial score (nSPS) is 17.7. The van der Waals surface area contributed by atoms with Gasteiger partial charge in [-0.1, -0.05) is 54.1 Å². The molecule has 1 aliphatic carbocycles. The number of carbonyl (C=O) groups is 2. The SMILES string of the molecule is O=C1CCCC2=C1C(c1ccc(Cl)cc1)Nc1ccc(C(=O)c3ccccc3)cc1N2. The first-order valence-corrected chi connectivity index (χ1v) is 10.8. The van der Waals surface area contributed by atoms with Crippen LogP contribution >= 0.6 is 11.6 Å². The van der Waals surface area contributed by atoms with Crippen LogP contribution in [-0.2, 0) is 4.79 Å². The summed E-state index contributed by atoms with van der Waals surface area (Å²) in [5.74, 6) is 0.118. The van der Waals surface area contributed by atoms with Crippen molar-refractivity contribution < 1.29 is 9.59 Å². The second-order valence-electron chi connectivity index (χ2n) is 7.88. The van der Waals surface area contributed by atoms with Crippen LogP contribution in [0.15, 0.2) is 84.1 Å². The van der Waals surface area contributed by atoms with Gasteiger partial charge in [0.2, 0.25) is 0 Å². The predicted octanol–water partition coefficient (Wildman–Crippen LogP) is 6.16. The van der Waals surface area contributed by atoms with Crippen LogP contribution in [-0.4, -0.2) is 11.6 Å². The average Bonchev–Trinajstić information content (AvgIpc) is 2.96. The van der Waals surface area contributed by atoms with E-state index in [0.717, 1.165) is 41.1 Å². The van der Waals surface area contributed by atoms with Gasteiger partial charge in [0.25, 0.3) is 0 Å². The van der Waals surface area contributed by atoms with E-state index in [-0.39, 0.29) is 17.6 Å². The maximum absolute atomic E-state index is 12.9. The van der Waals surface area contributed by atoms with Gasteiger partial charge >= 0.3 is 0 Å². The molecular weight excluding hydrogens is 408 g/mol. The van der Waals surface area contributed by atoms with Crippen molar-refractivity contribution >= 4 is 34.5 Å².